The van der Waals surface area contributed by atoms with E-state index in [-0.39, 0.29) is 6.42 Å². The largest absolute Gasteiger partial charge is 0.549 e. The number of rotatable bonds is 4. The Labute approximate surface area is 96.2 Å². The fourth-order valence-corrected chi connectivity index (χ4v) is 1.70. The number of benzene rings is 1. The van der Waals surface area contributed by atoms with Crippen LogP contribution in [0.1, 0.15) is 23.7 Å². The molecule has 80 valence electrons. The molecule has 15 heavy (non-hydrogen) atoms. The van der Waals surface area contributed by atoms with E-state index in [1.807, 2.05) is 0 Å². The Hall–Kier alpha value is -1.16. The van der Waals surface area contributed by atoms with Crippen molar-refractivity contribution in [2.24, 2.45) is 5.92 Å². The smallest absolute Gasteiger partial charge is 0.171 e. The standard InChI is InChI=1S/C11H11BrO3/c1-2-9(11(14)15)10(13)7-4-3-5-8(12)6-7/h3-6,9H,2H2,1H3,(H,14,15)/p-1. The van der Waals surface area contributed by atoms with Gasteiger partial charge in [0.1, 0.15) is 0 Å². The first kappa shape index (κ1) is 11.9. The zero-order valence-electron chi connectivity index (χ0n) is 8.20. The number of hydrogen-bond donors (Lipinski definition) is 0. The molecule has 0 aliphatic carbocycles. The number of carbonyl (C=O) groups excluding carboxylic acids is 2. The van der Waals surface area contributed by atoms with Gasteiger partial charge in [-0.3, -0.25) is 4.79 Å². The predicted molar refractivity (Wildman–Crippen MR) is 57.3 cm³/mol. The molecule has 0 radical (unpaired) electrons. The first-order valence-corrected chi connectivity index (χ1v) is 5.36. The number of carboxylic acids is 1. The molecule has 0 bridgehead atoms. The fourth-order valence-electron chi connectivity index (χ4n) is 1.30. The summed E-state index contributed by atoms with van der Waals surface area (Å²) >= 11 is 3.22. The first-order chi connectivity index (χ1) is 7.06. The van der Waals surface area contributed by atoms with Gasteiger partial charge >= 0.3 is 0 Å². The lowest BCUT2D eigenvalue weighted by Gasteiger charge is -2.14. The number of carbonyl (C=O) groups is 2. The van der Waals surface area contributed by atoms with E-state index in [0.717, 1.165) is 4.47 Å². The molecule has 0 heterocycles. The maximum absolute atomic E-state index is 11.7. The van der Waals surface area contributed by atoms with Crippen LogP contribution in [0.3, 0.4) is 0 Å². The normalized spacial score (nSPS) is 12.1. The van der Waals surface area contributed by atoms with Crippen LogP contribution in [-0.2, 0) is 4.79 Å². The quantitative estimate of drug-likeness (QED) is 0.614. The molecule has 1 aromatic carbocycles. The van der Waals surface area contributed by atoms with E-state index in [9.17, 15) is 14.7 Å². The van der Waals surface area contributed by atoms with Crippen molar-refractivity contribution in [2.45, 2.75) is 13.3 Å². The summed E-state index contributed by atoms with van der Waals surface area (Å²) in [7, 11) is 0. The molecular formula is C11H10BrO3-. The lowest BCUT2D eigenvalue weighted by molar-refractivity contribution is -0.309. The minimum atomic E-state index is -1.32. The van der Waals surface area contributed by atoms with Gasteiger partial charge in [-0.25, -0.2) is 0 Å². The summed E-state index contributed by atoms with van der Waals surface area (Å²) in [6, 6.07) is 6.67. The van der Waals surface area contributed by atoms with Crippen LogP contribution in [0.2, 0.25) is 0 Å². The van der Waals surface area contributed by atoms with E-state index in [0.29, 0.717) is 5.56 Å². The van der Waals surface area contributed by atoms with Gasteiger partial charge in [0.15, 0.2) is 5.78 Å². The van der Waals surface area contributed by atoms with Gasteiger partial charge in [0.2, 0.25) is 0 Å². The Morgan fingerprint density at radius 2 is 2.13 bits per heavy atom. The Morgan fingerprint density at radius 1 is 1.47 bits per heavy atom. The van der Waals surface area contributed by atoms with E-state index < -0.39 is 17.7 Å². The minimum absolute atomic E-state index is 0.244. The molecule has 1 rings (SSSR count). The second-order valence-corrected chi connectivity index (χ2v) is 4.07. The average molecular weight is 270 g/mol. The van der Waals surface area contributed by atoms with Crippen molar-refractivity contribution in [2.75, 3.05) is 0 Å². The second kappa shape index (κ2) is 5.07. The van der Waals surface area contributed by atoms with Gasteiger partial charge in [-0.1, -0.05) is 35.0 Å². The first-order valence-electron chi connectivity index (χ1n) is 4.57. The topological polar surface area (TPSA) is 57.2 Å². The molecule has 0 saturated carbocycles. The van der Waals surface area contributed by atoms with Crippen molar-refractivity contribution in [1.29, 1.82) is 0 Å². The number of aliphatic carboxylic acids is 1. The van der Waals surface area contributed by atoms with Crippen molar-refractivity contribution >= 4 is 27.7 Å². The van der Waals surface area contributed by atoms with E-state index in [2.05, 4.69) is 15.9 Å². The number of carboxylic acid groups (broad SMARTS) is 1. The van der Waals surface area contributed by atoms with Crippen LogP contribution in [0.5, 0.6) is 0 Å². The SMILES string of the molecule is CCC(C(=O)[O-])C(=O)c1cccc(Br)c1. The third-order valence-corrected chi connectivity index (χ3v) is 2.61. The molecule has 0 spiro atoms. The van der Waals surface area contributed by atoms with Crippen LogP contribution in [0.15, 0.2) is 28.7 Å². The highest BCUT2D eigenvalue weighted by Crippen LogP contribution is 2.16. The third kappa shape index (κ3) is 2.89. The Bertz CT molecular complexity index is 387. The second-order valence-electron chi connectivity index (χ2n) is 3.15. The van der Waals surface area contributed by atoms with Crippen molar-refractivity contribution in [3.05, 3.63) is 34.3 Å². The summed E-state index contributed by atoms with van der Waals surface area (Å²) in [5.74, 6) is -2.78. The minimum Gasteiger partial charge on any atom is -0.549 e. The highest BCUT2D eigenvalue weighted by molar-refractivity contribution is 9.10. The molecule has 1 aromatic rings. The molecule has 1 unspecified atom stereocenters. The summed E-state index contributed by atoms with van der Waals surface area (Å²) in [6.07, 6.45) is 0.244. The number of Topliss-reactive ketones (excluding diaryl/α,β-unsaturated/α-hetero) is 1. The molecule has 0 N–H and O–H groups in total. The van der Waals surface area contributed by atoms with Crippen LogP contribution in [-0.4, -0.2) is 11.8 Å². The molecule has 1 atom stereocenters. The highest BCUT2D eigenvalue weighted by Gasteiger charge is 2.19. The van der Waals surface area contributed by atoms with E-state index in [1.54, 1.807) is 31.2 Å². The third-order valence-electron chi connectivity index (χ3n) is 2.12. The molecule has 0 aliphatic rings. The van der Waals surface area contributed by atoms with Gasteiger partial charge in [-0.05, 0) is 18.6 Å². The lowest BCUT2D eigenvalue weighted by Crippen LogP contribution is -2.36. The van der Waals surface area contributed by atoms with Gasteiger partial charge in [-0.2, -0.15) is 0 Å². The highest BCUT2D eigenvalue weighted by atomic mass is 79.9. The monoisotopic (exact) mass is 269 g/mol. The average Bonchev–Trinajstić information content (AvgIpc) is 2.18. The zero-order chi connectivity index (χ0) is 11.4. The zero-order valence-corrected chi connectivity index (χ0v) is 9.78. The molecule has 3 nitrogen and oxygen atoms in total. The van der Waals surface area contributed by atoms with Gasteiger partial charge in [0.05, 0.1) is 11.9 Å². The Balaban J connectivity index is 2.98. The number of halogens is 1. The van der Waals surface area contributed by atoms with Crippen LogP contribution >= 0.6 is 15.9 Å². The summed E-state index contributed by atoms with van der Waals surface area (Å²) < 4.78 is 0.751. The van der Waals surface area contributed by atoms with Crippen LogP contribution in [0.4, 0.5) is 0 Å². The van der Waals surface area contributed by atoms with E-state index in [4.69, 9.17) is 0 Å². The Morgan fingerprint density at radius 3 is 2.60 bits per heavy atom. The van der Waals surface area contributed by atoms with E-state index >= 15 is 0 Å². The maximum Gasteiger partial charge on any atom is 0.171 e. The van der Waals surface area contributed by atoms with Crippen molar-refractivity contribution in [3.8, 4) is 0 Å². The summed E-state index contributed by atoms with van der Waals surface area (Å²) in [5, 5.41) is 10.7. The van der Waals surface area contributed by atoms with Gasteiger partial charge < -0.3 is 9.90 Å². The van der Waals surface area contributed by atoms with Crippen molar-refractivity contribution in [1.82, 2.24) is 0 Å². The van der Waals surface area contributed by atoms with Gasteiger partial charge in [0, 0.05) is 10.0 Å². The van der Waals surface area contributed by atoms with Crippen LogP contribution < -0.4 is 5.11 Å². The molecule has 0 fully saturated rings. The molecular weight excluding hydrogens is 260 g/mol. The van der Waals surface area contributed by atoms with Gasteiger partial charge in [-0.15, -0.1) is 0 Å². The summed E-state index contributed by atoms with van der Waals surface area (Å²) in [6.45, 7) is 1.65. The van der Waals surface area contributed by atoms with Gasteiger partial charge in [0.25, 0.3) is 0 Å². The fraction of sp³-hybridized carbons (Fsp3) is 0.273. The van der Waals surface area contributed by atoms with Crippen molar-refractivity contribution in [3.63, 3.8) is 0 Å². The molecule has 0 saturated heterocycles. The van der Waals surface area contributed by atoms with E-state index in [1.165, 1.54) is 0 Å². The molecule has 0 amide bonds. The molecule has 0 aromatic heterocycles. The van der Waals surface area contributed by atoms with Crippen molar-refractivity contribution < 1.29 is 14.7 Å². The summed E-state index contributed by atoms with van der Waals surface area (Å²) in [4.78, 5) is 22.4. The van der Waals surface area contributed by atoms with Crippen LogP contribution in [0, 0.1) is 5.92 Å². The Kier molecular flexibility index (Phi) is 4.03. The lowest BCUT2D eigenvalue weighted by atomic mass is 9.95. The summed E-state index contributed by atoms with van der Waals surface area (Å²) in [5.41, 5.74) is 0.389. The maximum atomic E-state index is 11.7. The molecule has 4 heteroatoms. The van der Waals surface area contributed by atoms with Crippen LogP contribution in [0.25, 0.3) is 0 Å². The number of hydrogen-bond acceptors (Lipinski definition) is 3. The number of ketones is 1. The predicted octanol–water partition coefficient (Wildman–Crippen LogP) is 1.41. The molecule has 0 aliphatic heterocycles.